The molecule has 0 radical (unpaired) electrons. The van der Waals surface area contributed by atoms with E-state index in [0.717, 1.165) is 9.37 Å². The number of urea groups is 1. The van der Waals surface area contributed by atoms with Gasteiger partial charge in [-0.2, -0.15) is 5.10 Å². The van der Waals surface area contributed by atoms with Crippen molar-refractivity contribution >= 4 is 57.2 Å². The zero-order chi connectivity index (χ0) is 19.2. The van der Waals surface area contributed by atoms with Gasteiger partial charge in [-0.3, -0.25) is 0 Å². The van der Waals surface area contributed by atoms with E-state index in [1.807, 2.05) is 31.2 Å². The van der Waals surface area contributed by atoms with Crippen molar-refractivity contribution in [3.63, 3.8) is 0 Å². The molecule has 1 heterocycles. The number of carbonyl (C=O) groups excluding carboxylic acids is 1. The fraction of sp³-hybridized carbons (Fsp3) is 0.0526. The first-order chi connectivity index (χ1) is 13.0. The number of hydrogen-bond donors (Lipinski definition) is 2. The molecule has 0 aliphatic rings. The van der Waals surface area contributed by atoms with Gasteiger partial charge in [-0.1, -0.05) is 41.1 Å². The predicted molar refractivity (Wildman–Crippen MR) is 113 cm³/mol. The standard InChI is InChI=1S/C19H15BrClN3O2S/c1-12-2-8-16(9-3-12)27-18-17(20)10-15(26-18)11-22-24-19(25)23-14-6-4-13(21)5-7-14/h2-11H,1H3,(H2,23,24,25)/b22-11+. The van der Waals surface area contributed by atoms with E-state index >= 15 is 0 Å². The van der Waals surface area contributed by atoms with Crippen molar-refractivity contribution in [2.45, 2.75) is 16.9 Å². The van der Waals surface area contributed by atoms with Gasteiger partial charge >= 0.3 is 6.03 Å². The van der Waals surface area contributed by atoms with Crippen LogP contribution in [0.2, 0.25) is 5.02 Å². The number of furan rings is 1. The first-order valence-electron chi connectivity index (χ1n) is 7.89. The molecule has 0 spiro atoms. The molecule has 5 nitrogen and oxygen atoms in total. The van der Waals surface area contributed by atoms with Crippen LogP contribution >= 0.6 is 39.3 Å². The molecular weight excluding hydrogens is 450 g/mol. The largest absolute Gasteiger partial charge is 0.447 e. The van der Waals surface area contributed by atoms with Gasteiger partial charge in [-0.25, -0.2) is 10.2 Å². The Morgan fingerprint density at radius 2 is 1.89 bits per heavy atom. The second-order valence-corrected chi connectivity index (χ2v) is 7.87. The Morgan fingerprint density at radius 3 is 2.59 bits per heavy atom. The minimum absolute atomic E-state index is 0.464. The van der Waals surface area contributed by atoms with Gasteiger partial charge in [-0.05, 0) is 59.3 Å². The average molecular weight is 465 g/mol. The van der Waals surface area contributed by atoms with E-state index in [4.69, 9.17) is 16.0 Å². The molecule has 27 heavy (non-hydrogen) atoms. The summed E-state index contributed by atoms with van der Waals surface area (Å²) in [5, 5.41) is 7.85. The number of hydrogen-bond acceptors (Lipinski definition) is 4. The highest BCUT2D eigenvalue weighted by Crippen LogP contribution is 2.35. The van der Waals surface area contributed by atoms with Gasteiger partial charge in [0.15, 0.2) is 5.09 Å². The van der Waals surface area contributed by atoms with E-state index in [9.17, 15) is 4.79 Å². The van der Waals surface area contributed by atoms with Crippen molar-refractivity contribution < 1.29 is 9.21 Å². The summed E-state index contributed by atoms with van der Waals surface area (Å²) < 4.78 is 6.56. The quantitative estimate of drug-likeness (QED) is 0.343. The van der Waals surface area contributed by atoms with Crippen molar-refractivity contribution in [2.75, 3.05) is 5.32 Å². The van der Waals surface area contributed by atoms with E-state index < -0.39 is 6.03 Å². The Hall–Kier alpha value is -2.22. The fourth-order valence-electron chi connectivity index (χ4n) is 2.06. The van der Waals surface area contributed by atoms with Crippen LogP contribution in [0.5, 0.6) is 0 Å². The molecule has 1 aromatic heterocycles. The highest BCUT2D eigenvalue weighted by atomic mass is 79.9. The van der Waals surface area contributed by atoms with Gasteiger partial charge in [0, 0.05) is 21.7 Å². The van der Waals surface area contributed by atoms with Crippen molar-refractivity contribution in [3.8, 4) is 0 Å². The van der Waals surface area contributed by atoms with Gasteiger partial charge in [0.2, 0.25) is 0 Å². The normalized spacial score (nSPS) is 10.9. The summed E-state index contributed by atoms with van der Waals surface area (Å²) >= 11 is 10.8. The van der Waals surface area contributed by atoms with Gasteiger partial charge in [-0.15, -0.1) is 0 Å². The molecule has 3 aromatic rings. The van der Waals surface area contributed by atoms with Crippen LogP contribution in [0.4, 0.5) is 10.5 Å². The predicted octanol–water partition coefficient (Wildman–Crippen LogP) is 6.31. The molecule has 2 aromatic carbocycles. The Bertz CT molecular complexity index is 956. The SMILES string of the molecule is Cc1ccc(Sc2oc(/C=N/NC(=O)Nc3ccc(Cl)cc3)cc2Br)cc1. The van der Waals surface area contributed by atoms with Crippen molar-refractivity contribution in [1.82, 2.24) is 5.43 Å². The lowest BCUT2D eigenvalue weighted by Gasteiger charge is -2.03. The van der Waals surface area contributed by atoms with Gasteiger partial charge in [0.05, 0.1) is 10.7 Å². The molecule has 0 fully saturated rings. The third-order valence-electron chi connectivity index (χ3n) is 3.37. The maximum atomic E-state index is 11.8. The molecule has 2 amide bonds. The number of rotatable bonds is 5. The third kappa shape index (κ3) is 5.89. The van der Waals surface area contributed by atoms with E-state index in [0.29, 0.717) is 21.6 Å². The molecule has 0 saturated heterocycles. The van der Waals surface area contributed by atoms with E-state index in [2.05, 4.69) is 31.8 Å². The highest BCUT2D eigenvalue weighted by Gasteiger charge is 2.10. The Labute approximate surface area is 174 Å². The van der Waals surface area contributed by atoms with Crippen LogP contribution in [-0.2, 0) is 0 Å². The summed E-state index contributed by atoms with van der Waals surface area (Å²) in [5.74, 6) is 0.517. The smallest absolute Gasteiger partial charge is 0.339 e. The molecule has 0 unspecified atom stereocenters. The van der Waals surface area contributed by atoms with Gasteiger partial charge in [0.1, 0.15) is 5.76 Å². The number of nitrogens with one attached hydrogen (secondary N) is 2. The summed E-state index contributed by atoms with van der Waals surface area (Å²) in [6.07, 6.45) is 1.44. The molecule has 8 heteroatoms. The topological polar surface area (TPSA) is 66.6 Å². The van der Waals surface area contributed by atoms with Crippen LogP contribution in [0, 0.1) is 6.92 Å². The monoisotopic (exact) mass is 463 g/mol. The number of anilines is 1. The zero-order valence-corrected chi connectivity index (χ0v) is 17.4. The number of benzene rings is 2. The lowest BCUT2D eigenvalue weighted by Crippen LogP contribution is -2.24. The van der Waals surface area contributed by atoms with Crippen molar-refractivity contribution in [1.29, 1.82) is 0 Å². The summed E-state index contributed by atoms with van der Waals surface area (Å²) in [5.41, 5.74) is 4.20. The molecule has 0 saturated carbocycles. The Balaban J connectivity index is 1.56. The number of hydrazone groups is 1. The van der Waals surface area contributed by atoms with Crippen LogP contribution in [0.1, 0.15) is 11.3 Å². The number of carbonyl (C=O) groups is 1. The van der Waals surface area contributed by atoms with E-state index in [-0.39, 0.29) is 0 Å². The first-order valence-corrected chi connectivity index (χ1v) is 9.88. The minimum Gasteiger partial charge on any atom is -0.447 e. The van der Waals surface area contributed by atoms with Crippen LogP contribution in [0.25, 0.3) is 0 Å². The molecule has 138 valence electrons. The summed E-state index contributed by atoms with van der Waals surface area (Å²) in [4.78, 5) is 12.9. The summed E-state index contributed by atoms with van der Waals surface area (Å²) in [6.45, 7) is 2.04. The number of amides is 2. The van der Waals surface area contributed by atoms with Crippen molar-refractivity contribution in [3.05, 3.63) is 75.4 Å². The van der Waals surface area contributed by atoms with Gasteiger partial charge < -0.3 is 9.73 Å². The molecular formula is C19H15BrClN3O2S. The summed E-state index contributed by atoms with van der Waals surface area (Å²) in [7, 11) is 0. The van der Waals surface area contributed by atoms with Crippen LogP contribution in [0.3, 0.4) is 0 Å². The van der Waals surface area contributed by atoms with E-state index in [1.165, 1.54) is 23.5 Å². The third-order valence-corrected chi connectivity index (χ3v) is 5.47. The second kappa shape index (κ2) is 9.12. The fourth-order valence-corrected chi connectivity index (χ4v) is 3.52. The number of nitrogens with zero attached hydrogens (tertiary/aromatic N) is 1. The molecule has 0 aliphatic heterocycles. The van der Waals surface area contributed by atoms with Gasteiger partial charge in [0.25, 0.3) is 0 Å². The lowest BCUT2D eigenvalue weighted by atomic mass is 10.2. The minimum atomic E-state index is -0.464. The molecule has 3 rings (SSSR count). The average Bonchev–Trinajstić information content (AvgIpc) is 2.98. The zero-order valence-electron chi connectivity index (χ0n) is 14.2. The van der Waals surface area contributed by atoms with Crippen LogP contribution < -0.4 is 10.7 Å². The lowest BCUT2D eigenvalue weighted by molar-refractivity contribution is 0.252. The summed E-state index contributed by atoms with van der Waals surface area (Å²) in [6, 6.07) is 16.3. The molecule has 2 N–H and O–H groups in total. The Kier molecular flexibility index (Phi) is 6.60. The van der Waals surface area contributed by atoms with Crippen LogP contribution in [-0.4, -0.2) is 12.2 Å². The maximum absolute atomic E-state index is 11.8. The Morgan fingerprint density at radius 1 is 1.19 bits per heavy atom. The van der Waals surface area contributed by atoms with E-state index in [1.54, 1.807) is 30.3 Å². The van der Waals surface area contributed by atoms with Crippen LogP contribution in [0.15, 0.2) is 78.6 Å². The highest BCUT2D eigenvalue weighted by molar-refractivity contribution is 9.10. The molecule has 0 aliphatic carbocycles. The maximum Gasteiger partial charge on any atom is 0.339 e. The second-order valence-electron chi connectivity index (χ2n) is 5.53. The number of halogens is 2. The first kappa shape index (κ1) is 19.5. The molecule has 0 bridgehead atoms. The number of aryl methyl sites for hydroxylation is 1. The molecule has 0 atom stereocenters. The van der Waals surface area contributed by atoms with Crippen molar-refractivity contribution in [2.24, 2.45) is 5.10 Å².